The van der Waals surface area contributed by atoms with Crippen LogP contribution in [0.25, 0.3) is 5.76 Å². The Morgan fingerprint density at radius 1 is 1.09 bits per heavy atom. The summed E-state index contributed by atoms with van der Waals surface area (Å²) in [6, 6.07) is 14.7. The first kappa shape index (κ1) is 23.6. The zero-order chi connectivity index (χ0) is 23.9. The molecule has 1 fully saturated rings. The lowest BCUT2D eigenvalue weighted by Crippen LogP contribution is -2.44. The van der Waals surface area contributed by atoms with Crippen molar-refractivity contribution in [3.8, 4) is 0 Å². The Morgan fingerprint density at radius 2 is 1.76 bits per heavy atom. The standard InChI is InChI=1S/C27H34FNO3Si/c1-26(2,3)33(4,5)32-24-18-27(23-12-11-21(28)17-22(23)24)13-15-29(16-14-27)25(30)31-19-20-9-7-6-8-10-20/h6-12,17-18H,13-16,19H2,1-5H3. The van der Waals surface area contributed by atoms with Gasteiger partial charge >= 0.3 is 6.09 Å². The molecule has 2 aromatic carbocycles. The van der Waals surface area contributed by atoms with Crippen molar-refractivity contribution in [2.45, 2.75) is 63.8 Å². The average Bonchev–Trinajstić information content (AvgIpc) is 3.04. The molecule has 1 saturated heterocycles. The second-order valence-electron chi connectivity index (χ2n) is 10.7. The Kier molecular flexibility index (Phi) is 6.16. The van der Waals surface area contributed by atoms with Gasteiger partial charge in [0.05, 0.1) is 0 Å². The summed E-state index contributed by atoms with van der Waals surface area (Å²) in [5, 5.41) is 0.0446. The molecule has 4 rings (SSSR count). The third-order valence-corrected chi connectivity index (χ3v) is 11.8. The van der Waals surface area contributed by atoms with E-state index in [1.54, 1.807) is 11.0 Å². The van der Waals surface area contributed by atoms with Crippen LogP contribution >= 0.6 is 0 Å². The third kappa shape index (κ3) is 4.72. The molecule has 1 spiro atoms. The molecule has 6 heteroatoms. The highest BCUT2D eigenvalue weighted by atomic mass is 28.4. The quantitative estimate of drug-likeness (QED) is 0.461. The van der Waals surface area contributed by atoms with Gasteiger partial charge in [-0.25, -0.2) is 9.18 Å². The van der Waals surface area contributed by atoms with Crippen molar-refractivity contribution < 1.29 is 18.3 Å². The minimum atomic E-state index is -2.09. The summed E-state index contributed by atoms with van der Waals surface area (Å²) in [6.45, 7) is 12.5. The maximum Gasteiger partial charge on any atom is 0.410 e. The predicted molar refractivity (Wildman–Crippen MR) is 132 cm³/mol. The number of amides is 1. The van der Waals surface area contributed by atoms with Crippen LogP contribution < -0.4 is 0 Å². The molecular formula is C27H34FNO3Si. The van der Waals surface area contributed by atoms with Gasteiger partial charge in [0, 0.05) is 24.1 Å². The lowest BCUT2D eigenvalue weighted by atomic mass is 9.74. The molecule has 4 nitrogen and oxygen atoms in total. The lowest BCUT2D eigenvalue weighted by Gasteiger charge is -2.38. The van der Waals surface area contributed by atoms with Crippen LogP contribution in [0.3, 0.4) is 0 Å². The van der Waals surface area contributed by atoms with Gasteiger partial charge in [0.15, 0.2) is 0 Å². The van der Waals surface area contributed by atoms with Crippen molar-refractivity contribution in [2.75, 3.05) is 13.1 Å². The van der Waals surface area contributed by atoms with Gasteiger partial charge in [0.2, 0.25) is 8.32 Å². The van der Waals surface area contributed by atoms with Crippen LogP contribution in [-0.4, -0.2) is 32.4 Å². The van der Waals surface area contributed by atoms with E-state index in [1.807, 2.05) is 36.4 Å². The fourth-order valence-electron chi connectivity index (χ4n) is 4.39. The molecule has 0 radical (unpaired) electrons. The zero-order valence-electron chi connectivity index (χ0n) is 20.3. The molecule has 1 aliphatic carbocycles. The summed E-state index contributed by atoms with van der Waals surface area (Å²) >= 11 is 0. The number of piperidine rings is 1. The summed E-state index contributed by atoms with van der Waals surface area (Å²) in [5.74, 6) is 0.550. The largest absolute Gasteiger partial charge is 0.543 e. The van der Waals surface area contributed by atoms with Crippen LogP contribution in [0, 0.1) is 5.82 Å². The predicted octanol–water partition coefficient (Wildman–Crippen LogP) is 6.87. The summed E-state index contributed by atoms with van der Waals surface area (Å²) in [5.41, 5.74) is 2.70. The molecule has 2 aromatic rings. The van der Waals surface area contributed by atoms with Crippen molar-refractivity contribution in [3.05, 3.63) is 77.1 Å². The minimum Gasteiger partial charge on any atom is -0.543 e. The zero-order valence-corrected chi connectivity index (χ0v) is 21.3. The molecule has 0 atom stereocenters. The molecule has 0 aromatic heterocycles. The number of halogens is 1. The first-order chi connectivity index (χ1) is 15.5. The van der Waals surface area contributed by atoms with Crippen LogP contribution in [0.5, 0.6) is 0 Å². The van der Waals surface area contributed by atoms with E-state index in [1.165, 1.54) is 6.07 Å². The van der Waals surface area contributed by atoms with Crippen LogP contribution in [0.4, 0.5) is 9.18 Å². The van der Waals surface area contributed by atoms with Crippen molar-refractivity contribution in [3.63, 3.8) is 0 Å². The molecule has 0 N–H and O–H groups in total. The fourth-order valence-corrected chi connectivity index (χ4v) is 5.41. The SMILES string of the molecule is CC(C)(C)[Si](C)(C)OC1=CC2(CCN(C(=O)OCc3ccccc3)CC2)c2ccc(F)cc21. The first-order valence-electron chi connectivity index (χ1n) is 11.7. The number of carbonyl (C=O) groups is 1. The Labute approximate surface area is 197 Å². The van der Waals surface area contributed by atoms with E-state index in [0.29, 0.717) is 13.1 Å². The number of hydrogen-bond acceptors (Lipinski definition) is 3. The number of allylic oxidation sites excluding steroid dienone is 1. The smallest absolute Gasteiger partial charge is 0.410 e. The van der Waals surface area contributed by atoms with Gasteiger partial charge in [-0.05, 0) is 60.3 Å². The van der Waals surface area contributed by atoms with Gasteiger partial charge in [-0.15, -0.1) is 0 Å². The summed E-state index contributed by atoms with van der Waals surface area (Å²) in [6.07, 6.45) is 3.43. The van der Waals surface area contributed by atoms with E-state index >= 15 is 0 Å². The maximum absolute atomic E-state index is 14.2. The number of nitrogens with zero attached hydrogens (tertiary/aromatic N) is 1. The van der Waals surface area contributed by atoms with Gasteiger partial charge in [0.25, 0.3) is 0 Å². The van der Waals surface area contributed by atoms with E-state index in [-0.39, 0.29) is 29.0 Å². The number of ether oxygens (including phenoxy) is 1. The van der Waals surface area contributed by atoms with Gasteiger partial charge < -0.3 is 14.1 Å². The second kappa shape index (κ2) is 8.63. The molecule has 33 heavy (non-hydrogen) atoms. The highest BCUT2D eigenvalue weighted by molar-refractivity contribution is 6.74. The third-order valence-electron chi connectivity index (χ3n) is 7.48. The van der Waals surface area contributed by atoms with Gasteiger partial charge in [0.1, 0.15) is 18.2 Å². The fraction of sp³-hybridized carbons (Fsp3) is 0.444. The molecule has 0 unspecified atom stereocenters. The van der Waals surface area contributed by atoms with Gasteiger partial charge in [-0.2, -0.15) is 0 Å². The van der Waals surface area contributed by atoms with Crippen molar-refractivity contribution in [1.82, 2.24) is 4.90 Å². The molecule has 1 heterocycles. The molecule has 0 bridgehead atoms. The van der Waals surface area contributed by atoms with E-state index in [4.69, 9.17) is 9.16 Å². The Bertz CT molecular complexity index is 1050. The number of hydrogen-bond donors (Lipinski definition) is 0. The van der Waals surface area contributed by atoms with E-state index in [2.05, 4.69) is 39.9 Å². The van der Waals surface area contributed by atoms with Crippen LogP contribution in [0.2, 0.25) is 18.1 Å². The average molecular weight is 468 g/mol. The first-order valence-corrected chi connectivity index (χ1v) is 14.6. The summed E-state index contributed by atoms with van der Waals surface area (Å²) < 4.78 is 26.4. The Balaban J connectivity index is 1.50. The Morgan fingerprint density at radius 3 is 2.39 bits per heavy atom. The van der Waals surface area contributed by atoms with Gasteiger partial charge in [-0.1, -0.05) is 57.2 Å². The van der Waals surface area contributed by atoms with E-state index in [9.17, 15) is 9.18 Å². The number of fused-ring (bicyclic) bond motifs is 2. The highest BCUT2D eigenvalue weighted by Gasteiger charge is 2.46. The number of carbonyl (C=O) groups excluding carboxylic acids is 1. The van der Waals surface area contributed by atoms with Crippen molar-refractivity contribution in [1.29, 1.82) is 0 Å². The van der Waals surface area contributed by atoms with E-state index < -0.39 is 8.32 Å². The lowest BCUT2D eigenvalue weighted by molar-refractivity contribution is 0.0822. The maximum atomic E-state index is 14.2. The monoisotopic (exact) mass is 467 g/mol. The van der Waals surface area contributed by atoms with Crippen LogP contribution in [-0.2, 0) is 21.2 Å². The second-order valence-corrected chi connectivity index (χ2v) is 15.5. The number of benzene rings is 2. The number of rotatable bonds is 4. The topological polar surface area (TPSA) is 38.8 Å². The molecule has 2 aliphatic rings. The van der Waals surface area contributed by atoms with Crippen LogP contribution in [0.1, 0.15) is 50.3 Å². The highest BCUT2D eigenvalue weighted by Crippen LogP contribution is 2.50. The molecule has 1 amide bonds. The van der Waals surface area contributed by atoms with Crippen LogP contribution in [0.15, 0.2) is 54.6 Å². The molecular weight excluding hydrogens is 433 g/mol. The van der Waals surface area contributed by atoms with E-state index in [0.717, 1.165) is 35.3 Å². The molecule has 0 saturated carbocycles. The molecule has 176 valence electrons. The summed E-state index contributed by atoms with van der Waals surface area (Å²) in [4.78, 5) is 14.4. The normalized spacial score (nSPS) is 17.5. The van der Waals surface area contributed by atoms with Crippen molar-refractivity contribution >= 4 is 20.2 Å². The minimum absolute atomic E-state index is 0.0446. The molecule has 1 aliphatic heterocycles. The Hall–Kier alpha value is -2.60. The summed E-state index contributed by atoms with van der Waals surface area (Å²) in [7, 11) is -2.09. The van der Waals surface area contributed by atoms with Crippen molar-refractivity contribution in [2.24, 2.45) is 0 Å². The number of likely N-dealkylation sites (tertiary alicyclic amines) is 1. The van der Waals surface area contributed by atoms with Gasteiger partial charge in [-0.3, -0.25) is 0 Å².